The minimum absolute atomic E-state index is 0.158. The van der Waals surface area contributed by atoms with E-state index in [1.165, 1.54) is 17.8 Å². The molecule has 0 bridgehead atoms. The van der Waals surface area contributed by atoms with Crippen molar-refractivity contribution in [1.82, 2.24) is 14.8 Å². The van der Waals surface area contributed by atoms with Gasteiger partial charge in [0.2, 0.25) is 0 Å². The fourth-order valence-corrected chi connectivity index (χ4v) is 3.83. The van der Waals surface area contributed by atoms with Crippen LogP contribution in [0, 0.1) is 24.4 Å². The van der Waals surface area contributed by atoms with Gasteiger partial charge in [-0.1, -0.05) is 41.6 Å². The molecule has 0 fully saturated rings. The Morgan fingerprint density at radius 2 is 1.62 bits per heavy atom. The summed E-state index contributed by atoms with van der Waals surface area (Å²) < 4.78 is 43.6. The first-order valence-corrected chi connectivity index (χ1v) is 9.85. The third-order valence-corrected chi connectivity index (χ3v) is 5.38. The van der Waals surface area contributed by atoms with Crippen LogP contribution >= 0.6 is 11.8 Å². The van der Waals surface area contributed by atoms with Gasteiger partial charge in [-0.15, -0.1) is 10.2 Å². The molecule has 0 amide bonds. The summed E-state index contributed by atoms with van der Waals surface area (Å²) in [5.74, 6) is -0.913. The molecule has 0 aliphatic rings. The van der Waals surface area contributed by atoms with Crippen molar-refractivity contribution in [3.05, 3.63) is 95.3 Å². The number of aryl methyl sites for hydroxylation is 1. The predicted octanol–water partition coefficient (Wildman–Crippen LogP) is 5.95. The van der Waals surface area contributed by atoms with E-state index in [0.29, 0.717) is 16.5 Å². The summed E-state index contributed by atoms with van der Waals surface area (Å²) in [5.41, 5.74) is 2.36. The second kappa shape index (κ2) is 8.13. The molecule has 146 valence electrons. The minimum atomic E-state index is -0.506. The highest BCUT2D eigenvalue weighted by molar-refractivity contribution is 7.98. The van der Waals surface area contributed by atoms with Crippen molar-refractivity contribution in [2.45, 2.75) is 17.8 Å². The summed E-state index contributed by atoms with van der Waals surface area (Å²) in [4.78, 5) is 0. The molecular formula is C22H16F3N3S. The monoisotopic (exact) mass is 411 g/mol. The Balaban J connectivity index is 1.77. The molecule has 0 spiro atoms. The zero-order valence-electron chi connectivity index (χ0n) is 15.4. The van der Waals surface area contributed by atoms with Gasteiger partial charge in [0.05, 0.1) is 5.56 Å². The van der Waals surface area contributed by atoms with Crippen molar-refractivity contribution in [2.75, 3.05) is 0 Å². The topological polar surface area (TPSA) is 30.7 Å². The van der Waals surface area contributed by atoms with E-state index in [4.69, 9.17) is 0 Å². The molecule has 1 aromatic heterocycles. The van der Waals surface area contributed by atoms with Crippen molar-refractivity contribution >= 4 is 11.8 Å². The molecule has 0 unspecified atom stereocenters. The summed E-state index contributed by atoms with van der Waals surface area (Å²) in [6, 6.07) is 17.3. The lowest BCUT2D eigenvalue weighted by atomic mass is 10.2. The maximum absolute atomic E-state index is 14.4. The van der Waals surface area contributed by atoms with Crippen molar-refractivity contribution in [2.24, 2.45) is 0 Å². The molecule has 3 aromatic carbocycles. The van der Waals surface area contributed by atoms with Gasteiger partial charge in [-0.2, -0.15) is 0 Å². The van der Waals surface area contributed by atoms with Gasteiger partial charge in [-0.3, -0.25) is 4.57 Å². The Morgan fingerprint density at radius 3 is 2.38 bits per heavy atom. The Morgan fingerprint density at radius 1 is 0.862 bits per heavy atom. The molecule has 0 N–H and O–H groups in total. The first kappa shape index (κ1) is 19.3. The highest BCUT2D eigenvalue weighted by Crippen LogP contribution is 2.31. The molecule has 29 heavy (non-hydrogen) atoms. The lowest BCUT2D eigenvalue weighted by Crippen LogP contribution is -2.01. The van der Waals surface area contributed by atoms with E-state index < -0.39 is 17.5 Å². The van der Waals surface area contributed by atoms with Crippen LogP contribution in [0.3, 0.4) is 0 Å². The molecule has 0 aliphatic carbocycles. The average molecular weight is 411 g/mol. The van der Waals surface area contributed by atoms with Gasteiger partial charge < -0.3 is 0 Å². The quantitative estimate of drug-likeness (QED) is 0.380. The maximum Gasteiger partial charge on any atom is 0.196 e. The number of thioether (sulfide) groups is 1. The smallest absolute Gasteiger partial charge is 0.196 e. The van der Waals surface area contributed by atoms with Crippen molar-refractivity contribution in [1.29, 1.82) is 0 Å². The molecule has 0 saturated carbocycles. The minimum Gasteiger partial charge on any atom is -0.270 e. The fraction of sp³-hybridized carbons (Fsp3) is 0.0909. The van der Waals surface area contributed by atoms with Crippen LogP contribution < -0.4 is 0 Å². The fourth-order valence-electron chi connectivity index (χ4n) is 2.90. The third kappa shape index (κ3) is 4.05. The summed E-state index contributed by atoms with van der Waals surface area (Å²) in [6.45, 7) is 1.97. The Bertz CT molecular complexity index is 1160. The lowest BCUT2D eigenvalue weighted by molar-refractivity contribution is 0.591. The first-order chi connectivity index (χ1) is 14.0. The van der Waals surface area contributed by atoms with Crippen molar-refractivity contribution < 1.29 is 13.2 Å². The maximum atomic E-state index is 14.4. The number of rotatable bonds is 5. The Hall–Kier alpha value is -3.06. The van der Waals surface area contributed by atoms with Crippen LogP contribution in [-0.2, 0) is 5.75 Å². The highest BCUT2D eigenvalue weighted by atomic mass is 32.2. The third-order valence-electron chi connectivity index (χ3n) is 4.40. The molecule has 1 heterocycles. The lowest BCUT2D eigenvalue weighted by Gasteiger charge is -2.11. The van der Waals surface area contributed by atoms with Crippen LogP contribution in [0.2, 0.25) is 0 Å². The predicted molar refractivity (Wildman–Crippen MR) is 107 cm³/mol. The van der Waals surface area contributed by atoms with Crippen LogP contribution in [0.1, 0.15) is 11.1 Å². The van der Waals surface area contributed by atoms with Crippen molar-refractivity contribution in [3.8, 4) is 17.1 Å². The number of hydrogen-bond acceptors (Lipinski definition) is 3. The van der Waals surface area contributed by atoms with Gasteiger partial charge in [-0.05, 0) is 49.4 Å². The van der Waals surface area contributed by atoms with E-state index in [-0.39, 0.29) is 11.3 Å². The van der Waals surface area contributed by atoms with Crippen LogP contribution in [-0.4, -0.2) is 14.8 Å². The number of benzene rings is 3. The normalized spacial score (nSPS) is 11.0. The van der Waals surface area contributed by atoms with Gasteiger partial charge in [-0.25, -0.2) is 13.2 Å². The van der Waals surface area contributed by atoms with E-state index in [0.717, 1.165) is 29.4 Å². The van der Waals surface area contributed by atoms with E-state index in [2.05, 4.69) is 10.2 Å². The molecular weight excluding hydrogens is 395 g/mol. The zero-order chi connectivity index (χ0) is 20.4. The van der Waals surface area contributed by atoms with Crippen LogP contribution in [0.4, 0.5) is 13.2 Å². The number of aromatic nitrogens is 3. The molecule has 4 rings (SSSR count). The van der Waals surface area contributed by atoms with Gasteiger partial charge in [0.15, 0.2) is 11.0 Å². The van der Waals surface area contributed by atoms with Gasteiger partial charge in [0.25, 0.3) is 0 Å². The molecule has 4 aromatic rings. The summed E-state index contributed by atoms with van der Waals surface area (Å²) in [7, 11) is 0. The molecule has 7 heteroatoms. The first-order valence-electron chi connectivity index (χ1n) is 8.87. The van der Waals surface area contributed by atoms with Gasteiger partial charge in [0, 0.05) is 17.0 Å². The molecule has 0 saturated heterocycles. The number of nitrogens with zero attached hydrogens (tertiary/aromatic N) is 3. The van der Waals surface area contributed by atoms with E-state index >= 15 is 0 Å². The summed E-state index contributed by atoms with van der Waals surface area (Å²) >= 11 is 1.20. The number of hydrogen-bond donors (Lipinski definition) is 0. The van der Waals surface area contributed by atoms with E-state index in [1.807, 2.05) is 31.2 Å². The van der Waals surface area contributed by atoms with Crippen LogP contribution in [0.25, 0.3) is 17.1 Å². The van der Waals surface area contributed by atoms with Crippen LogP contribution in [0.15, 0.2) is 71.9 Å². The Kier molecular flexibility index (Phi) is 5.40. The molecule has 0 atom stereocenters. The second-order valence-electron chi connectivity index (χ2n) is 6.48. The standard InChI is InChI=1S/C22H16F3N3S/c1-14-6-9-17(10-7-14)28-21(18-4-2-3-5-20(18)25)26-27-22(28)29-13-15-12-16(23)8-11-19(15)24/h2-12H,13H2,1H3. The molecule has 3 nitrogen and oxygen atoms in total. The number of halogens is 3. The van der Waals surface area contributed by atoms with Crippen LogP contribution in [0.5, 0.6) is 0 Å². The van der Waals surface area contributed by atoms with E-state index in [1.54, 1.807) is 22.8 Å². The van der Waals surface area contributed by atoms with Crippen molar-refractivity contribution in [3.63, 3.8) is 0 Å². The zero-order valence-corrected chi connectivity index (χ0v) is 16.3. The summed E-state index contributed by atoms with van der Waals surface area (Å²) in [6.07, 6.45) is 0. The Labute approximate surface area is 170 Å². The van der Waals surface area contributed by atoms with E-state index in [9.17, 15) is 13.2 Å². The van der Waals surface area contributed by atoms with Gasteiger partial charge in [0.1, 0.15) is 17.5 Å². The van der Waals surface area contributed by atoms with Gasteiger partial charge >= 0.3 is 0 Å². The molecule has 0 aliphatic heterocycles. The summed E-state index contributed by atoms with van der Waals surface area (Å²) in [5, 5.41) is 8.83. The molecule has 0 radical (unpaired) electrons. The highest BCUT2D eigenvalue weighted by Gasteiger charge is 2.19. The largest absolute Gasteiger partial charge is 0.270 e. The average Bonchev–Trinajstić information content (AvgIpc) is 3.13. The second-order valence-corrected chi connectivity index (χ2v) is 7.42. The SMILES string of the molecule is Cc1ccc(-n2c(SCc3cc(F)ccc3F)nnc2-c2ccccc2F)cc1.